The van der Waals surface area contributed by atoms with Crippen LogP contribution in [0.15, 0.2) is 36.5 Å². The summed E-state index contributed by atoms with van der Waals surface area (Å²) in [5, 5.41) is 5.93. The van der Waals surface area contributed by atoms with E-state index in [4.69, 9.17) is 11.6 Å². The molecule has 0 bridgehead atoms. The van der Waals surface area contributed by atoms with Crippen LogP contribution in [0.5, 0.6) is 0 Å². The predicted molar refractivity (Wildman–Crippen MR) is 82.4 cm³/mol. The molecule has 0 spiro atoms. The van der Waals surface area contributed by atoms with Crippen LogP contribution in [0.1, 0.15) is 23.7 Å². The van der Waals surface area contributed by atoms with E-state index in [-0.39, 0.29) is 10.6 Å². The highest BCUT2D eigenvalue weighted by atomic mass is 35.5. The van der Waals surface area contributed by atoms with Gasteiger partial charge in [0, 0.05) is 18.4 Å². The lowest BCUT2D eigenvalue weighted by atomic mass is 10.2. The summed E-state index contributed by atoms with van der Waals surface area (Å²) >= 11 is 6.00. The van der Waals surface area contributed by atoms with E-state index < -0.39 is 11.7 Å². The van der Waals surface area contributed by atoms with Crippen molar-refractivity contribution in [3.8, 4) is 0 Å². The number of hydrogen-bond acceptors (Lipinski definition) is 3. The van der Waals surface area contributed by atoms with Crippen LogP contribution >= 0.6 is 11.6 Å². The van der Waals surface area contributed by atoms with Gasteiger partial charge in [0.15, 0.2) is 0 Å². The number of rotatable bonds is 5. The van der Waals surface area contributed by atoms with Gasteiger partial charge in [-0.15, -0.1) is 0 Å². The lowest BCUT2D eigenvalue weighted by molar-refractivity contribution is 0.102. The Morgan fingerprint density at radius 2 is 2.19 bits per heavy atom. The van der Waals surface area contributed by atoms with E-state index in [2.05, 4.69) is 15.6 Å². The van der Waals surface area contributed by atoms with Gasteiger partial charge in [0.2, 0.25) is 0 Å². The summed E-state index contributed by atoms with van der Waals surface area (Å²) in [7, 11) is 0. The molecule has 110 valence electrons. The smallest absolute Gasteiger partial charge is 0.257 e. The summed E-state index contributed by atoms with van der Waals surface area (Å²) in [5.41, 5.74) is 0.658. The Morgan fingerprint density at radius 3 is 2.90 bits per heavy atom. The van der Waals surface area contributed by atoms with E-state index in [1.165, 1.54) is 24.4 Å². The molecule has 0 saturated carbocycles. The monoisotopic (exact) mass is 307 g/mol. The molecule has 0 aliphatic heterocycles. The molecule has 0 aliphatic carbocycles. The summed E-state index contributed by atoms with van der Waals surface area (Å²) in [5.74, 6) is -0.253. The minimum absolute atomic E-state index is 0.242. The van der Waals surface area contributed by atoms with Gasteiger partial charge in [-0.1, -0.05) is 24.6 Å². The summed E-state index contributed by atoms with van der Waals surface area (Å²) in [4.78, 5) is 16.3. The third-order valence-corrected chi connectivity index (χ3v) is 3.04. The van der Waals surface area contributed by atoms with Crippen LogP contribution in [0.4, 0.5) is 15.9 Å². The summed E-state index contributed by atoms with van der Waals surface area (Å²) < 4.78 is 13.1. The number of carbonyl (C=O) groups excluding carboxylic acids is 1. The second-order valence-electron chi connectivity index (χ2n) is 4.44. The zero-order valence-electron chi connectivity index (χ0n) is 11.5. The fourth-order valence-electron chi connectivity index (χ4n) is 1.73. The third-order valence-electron chi connectivity index (χ3n) is 2.74. The minimum Gasteiger partial charge on any atom is -0.370 e. The van der Waals surface area contributed by atoms with Crippen molar-refractivity contribution in [2.24, 2.45) is 0 Å². The summed E-state index contributed by atoms with van der Waals surface area (Å²) in [6.45, 7) is 2.78. The largest absolute Gasteiger partial charge is 0.370 e. The van der Waals surface area contributed by atoms with Crippen LogP contribution in [-0.2, 0) is 0 Å². The van der Waals surface area contributed by atoms with Crippen LogP contribution in [0.25, 0.3) is 0 Å². The highest BCUT2D eigenvalue weighted by Crippen LogP contribution is 2.20. The molecule has 4 nitrogen and oxygen atoms in total. The van der Waals surface area contributed by atoms with Gasteiger partial charge >= 0.3 is 0 Å². The fraction of sp³-hybridized carbons (Fsp3) is 0.200. The van der Waals surface area contributed by atoms with Crippen LogP contribution < -0.4 is 10.6 Å². The van der Waals surface area contributed by atoms with Crippen molar-refractivity contribution >= 4 is 29.0 Å². The van der Waals surface area contributed by atoms with Crippen molar-refractivity contribution in [2.75, 3.05) is 17.2 Å². The zero-order chi connectivity index (χ0) is 15.2. The average molecular weight is 308 g/mol. The number of nitrogens with zero attached hydrogens (tertiary/aromatic N) is 1. The van der Waals surface area contributed by atoms with Gasteiger partial charge in [0.1, 0.15) is 11.6 Å². The quantitative estimate of drug-likeness (QED) is 0.879. The van der Waals surface area contributed by atoms with Crippen molar-refractivity contribution < 1.29 is 9.18 Å². The van der Waals surface area contributed by atoms with E-state index in [1.807, 2.05) is 6.92 Å². The van der Waals surface area contributed by atoms with Crippen LogP contribution in [0, 0.1) is 5.82 Å². The van der Waals surface area contributed by atoms with Crippen LogP contribution in [0.2, 0.25) is 5.02 Å². The fourth-order valence-corrected chi connectivity index (χ4v) is 1.92. The van der Waals surface area contributed by atoms with Crippen LogP contribution in [-0.4, -0.2) is 17.4 Å². The lowest BCUT2D eigenvalue weighted by Crippen LogP contribution is -2.14. The number of anilines is 2. The molecule has 2 aromatic rings. The van der Waals surface area contributed by atoms with Crippen molar-refractivity contribution in [1.82, 2.24) is 4.98 Å². The van der Waals surface area contributed by atoms with Gasteiger partial charge in [-0.25, -0.2) is 9.37 Å². The Kier molecular flexibility index (Phi) is 5.11. The maximum Gasteiger partial charge on any atom is 0.257 e. The summed E-state index contributed by atoms with van der Waals surface area (Å²) in [6, 6.07) is 7.25. The number of pyridine rings is 1. The zero-order valence-corrected chi connectivity index (χ0v) is 12.2. The van der Waals surface area contributed by atoms with Gasteiger partial charge < -0.3 is 10.6 Å². The van der Waals surface area contributed by atoms with Crippen molar-refractivity contribution in [2.45, 2.75) is 13.3 Å². The number of benzene rings is 1. The Bertz CT molecular complexity index is 649. The van der Waals surface area contributed by atoms with Crippen molar-refractivity contribution in [3.63, 3.8) is 0 Å². The van der Waals surface area contributed by atoms with Gasteiger partial charge in [-0.05, 0) is 30.7 Å². The van der Waals surface area contributed by atoms with Gasteiger partial charge in [-0.3, -0.25) is 4.79 Å². The van der Waals surface area contributed by atoms with E-state index in [0.29, 0.717) is 11.5 Å². The highest BCUT2D eigenvalue weighted by Gasteiger charge is 2.12. The lowest BCUT2D eigenvalue weighted by Gasteiger charge is -2.09. The molecule has 0 aliphatic rings. The van der Waals surface area contributed by atoms with Gasteiger partial charge in [0.25, 0.3) is 5.91 Å². The molecule has 0 saturated heterocycles. The molecule has 1 aromatic carbocycles. The molecule has 0 fully saturated rings. The third kappa shape index (κ3) is 4.16. The molecule has 0 unspecified atom stereocenters. The number of halogens is 2. The minimum atomic E-state index is -0.418. The van der Waals surface area contributed by atoms with E-state index in [0.717, 1.165) is 13.0 Å². The molecule has 1 heterocycles. The average Bonchev–Trinajstić information content (AvgIpc) is 2.46. The maximum atomic E-state index is 13.1. The van der Waals surface area contributed by atoms with E-state index >= 15 is 0 Å². The number of carbonyl (C=O) groups is 1. The molecule has 2 N–H and O–H groups in total. The molecular formula is C15H15ClFN3O. The number of aromatic nitrogens is 1. The predicted octanol–water partition coefficient (Wildman–Crippen LogP) is 3.95. The van der Waals surface area contributed by atoms with Crippen molar-refractivity contribution in [3.05, 3.63) is 52.9 Å². The molecule has 0 radical (unpaired) electrons. The first-order valence-corrected chi connectivity index (χ1v) is 6.94. The van der Waals surface area contributed by atoms with Crippen LogP contribution in [0.3, 0.4) is 0 Å². The molecule has 0 atom stereocenters. The first kappa shape index (κ1) is 15.3. The molecule has 1 amide bonds. The van der Waals surface area contributed by atoms with Crippen molar-refractivity contribution in [1.29, 1.82) is 0 Å². The Labute approximate surface area is 127 Å². The summed E-state index contributed by atoms with van der Waals surface area (Å²) in [6.07, 6.45) is 2.36. The molecule has 2 rings (SSSR count). The van der Waals surface area contributed by atoms with E-state index in [1.54, 1.807) is 12.1 Å². The highest BCUT2D eigenvalue weighted by molar-refractivity contribution is 6.34. The Balaban J connectivity index is 2.18. The second kappa shape index (κ2) is 7.04. The molecule has 1 aromatic heterocycles. The SMILES string of the molecule is CCCNc1cc(C(=O)Nc2cccc(F)c2)c(Cl)cn1. The second-order valence-corrected chi connectivity index (χ2v) is 4.85. The first-order chi connectivity index (χ1) is 10.1. The van der Waals surface area contributed by atoms with E-state index in [9.17, 15) is 9.18 Å². The van der Waals surface area contributed by atoms with Gasteiger partial charge in [-0.2, -0.15) is 0 Å². The molecular weight excluding hydrogens is 293 g/mol. The Morgan fingerprint density at radius 1 is 1.38 bits per heavy atom. The van der Waals surface area contributed by atoms with Gasteiger partial charge in [0.05, 0.1) is 10.6 Å². The topological polar surface area (TPSA) is 54.0 Å². The normalized spacial score (nSPS) is 10.2. The Hall–Kier alpha value is -2.14. The maximum absolute atomic E-state index is 13.1. The number of amides is 1. The first-order valence-electron chi connectivity index (χ1n) is 6.56. The number of nitrogens with one attached hydrogen (secondary N) is 2. The molecule has 21 heavy (non-hydrogen) atoms. The standard InChI is InChI=1S/C15H15ClFN3O/c1-2-6-18-14-8-12(13(16)9-19-14)15(21)20-11-5-3-4-10(17)7-11/h3-5,7-9H,2,6H2,1H3,(H,18,19)(H,20,21). The number of hydrogen-bond donors (Lipinski definition) is 2. The molecule has 6 heteroatoms.